The number of nitrogens with one attached hydrogen (secondary N) is 1. The molecule has 0 fully saturated rings. The molecule has 4 nitrogen and oxygen atoms in total. The summed E-state index contributed by atoms with van der Waals surface area (Å²) in [6, 6.07) is 18.1. The number of aromatic nitrogens is 2. The Morgan fingerprint density at radius 1 is 1.00 bits per heavy atom. The summed E-state index contributed by atoms with van der Waals surface area (Å²) in [4.78, 5) is 9.69. The van der Waals surface area contributed by atoms with Crippen LogP contribution in [0.5, 0.6) is 0 Å². The summed E-state index contributed by atoms with van der Waals surface area (Å²) in [6.07, 6.45) is 5.19. The maximum Gasteiger partial charge on any atom is 0.146 e. The van der Waals surface area contributed by atoms with Gasteiger partial charge in [0.25, 0.3) is 0 Å². The molecule has 0 radical (unpaired) electrons. The lowest BCUT2D eigenvalue weighted by atomic mass is 10.2. The van der Waals surface area contributed by atoms with E-state index in [-0.39, 0.29) is 0 Å². The Labute approximate surface area is 154 Å². The Morgan fingerprint density at radius 2 is 1.76 bits per heavy atom. The van der Waals surface area contributed by atoms with E-state index in [9.17, 15) is 4.21 Å². The second-order valence-corrected chi connectivity index (χ2v) is 7.84. The van der Waals surface area contributed by atoms with Gasteiger partial charge in [-0.3, -0.25) is 9.19 Å². The van der Waals surface area contributed by atoms with Gasteiger partial charge in [-0.15, -0.1) is 11.8 Å². The fraction of sp³-hybridized carbons (Fsp3) is 0.158. The van der Waals surface area contributed by atoms with Gasteiger partial charge in [-0.1, -0.05) is 42.5 Å². The minimum atomic E-state index is -0.944. The van der Waals surface area contributed by atoms with Crippen LogP contribution >= 0.6 is 11.8 Å². The third kappa shape index (κ3) is 5.41. The van der Waals surface area contributed by atoms with E-state index >= 15 is 0 Å². The van der Waals surface area contributed by atoms with Crippen LogP contribution < -0.4 is 5.32 Å². The van der Waals surface area contributed by atoms with Crippen molar-refractivity contribution in [1.82, 2.24) is 9.97 Å². The lowest BCUT2D eigenvalue weighted by Gasteiger charge is -2.07. The zero-order valence-electron chi connectivity index (χ0n) is 13.9. The van der Waals surface area contributed by atoms with Gasteiger partial charge in [0, 0.05) is 34.2 Å². The molecule has 0 aliphatic carbocycles. The monoisotopic (exact) mass is 369 g/mol. The molecule has 3 rings (SSSR count). The van der Waals surface area contributed by atoms with Gasteiger partial charge in [0.1, 0.15) is 10.8 Å². The van der Waals surface area contributed by atoms with Gasteiger partial charge in [0.2, 0.25) is 0 Å². The number of anilines is 1. The first kappa shape index (κ1) is 17.6. The van der Waals surface area contributed by atoms with Gasteiger partial charge in [0.05, 0.1) is 12.4 Å². The number of hydrogen-bond acceptors (Lipinski definition) is 5. The quantitative estimate of drug-likeness (QED) is 0.635. The Hall–Kier alpha value is -2.18. The van der Waals surface area contributed by atoms with E-state index in [0.717, 1.165) is 27.1 Å². The molecular weight excluding hydrogens is 350 g/mol. The predicted octanol–water partition coefficient (Wildman–Crippen LogP) is 4.12. The Bertz CT molecular complexity index is 839. The molecule has 1 N–H and O–H groups in total. The molecule has 1 unspecified atom stereocenters. The topological polar surface area (TPSA) is 54.9 Å². The van der Waals surface area contributed by atoms with Crippen LogP contribution in [0.1, 0.15) is 11.1 Å². The molecule has 0 aliphatic heterocycles. The number of rotatable bonds is 7. The molecule has 0 amide bonds. The molecule has 1 aromatic heterocycles. The molecule has 3 aromatic rings. The van der Waals surface area contributed by atoms with E-state index < -0.39 is 10.8 Å². The summed E-state index contributed by atoms with van der Waals surface area (Å²) >= 11 is 1.67. The summed E-state index contributed by atoms with van der Waals surface area (Å²) < 4.78 is 11.4. The Morgan fingerprint density at radius 3 is 2.48 bits per heavy atom. The standard InChI is InChI=1S/C19H19N3OS2/c1-25(23)17-9-7-15(8-10-17)11-21-18-12-20-13-19(22-18)24-14-16-5-3-2-4-6-16/h2-10,12-13H,11,14H2,1H3,(H,21,22). The third-order valence-corrected chi connectivity index (χ3v) is 5.48. The highest BCUT2D eigenvalue weighted by molar-refractivity contribution is 7.98. The smallest absolute Gasteiger partial charge is 0.146 e. The highest BCUT2D eigenvalue weighted by atomic mass is 32.2. The Balaban J connectivity index is 1.57. The SMILES string of the molecule is CS(=O)c1ccc(CNc2cncc(SCc3ccccc3)n2)cc1. The van der Waals surface area contributed by atoms with Crippen molar-refractivity contribution in [2.24, 2.45) is 0 Å². The number of thioether (sulfide) groups is 1. The average molecular weight is 370 g/mol. The van der Waals surface area contributed by atoms with Gasteiger partial charge >= 0.3 is 0 Å². The molecule has 1 atom stereocenters. The van der Waals surface area contributed by atoms with Crippen molar-refractivity contribution < 1.29 is 4.21 Å². The fourth-order valence-corrected chi connectivity index (χ4v) is 3.55. The van der Waals surface area contributed by atoms with Crippen LogP contribution in [0, 0.1) is 0 Å². The molecule has 0 spiro atoms. The zero-order chi connectivity index (χ0) is 17.5. The summed E-state index contributed by atoms with van der Waals surface area (Å²) in [5, 5.41) is 4.18. The van der Waals surface area contributed by atoms with Crippen molar-refractivity contribution in [3.05, 3.63) is 78.1 Å². The second-order valence-electron chi connectivity index (χ2n) is 5.47. The van der Waals surface area contributed by atoms with E-state index in [1.54, 1.807) is 30.4 Å². The lowest BCUT2D eigenvalue weighted by molar-refractivity contribution is 0.687. The predicted molar refractivity (Wildman–Crippen MR) is 104 cm³/mol. The maximum atomic E-state index is 11.4. The van der Waals surface area contributed by atoms with Gasteiger partial charge in [-0.05, 0) is 23.3 Å². The molecule has 6 heteroatoms. The van der Waals surface area contributed by atoms with Crippen molar-refractivity contribution in [1.29, 1.82) is 0 Å². The minimum Gasteiger partial charge on any atom is -0.365 e. The van der Waals surface area contributed by atoms with Crippen molar-refractivity contribution in [2.75, 3.05) is 11.6 Å². The second kappa shape index (κ2) is 8.78. The lowest BCUT2D eigenvalue weighted by Crippen LogP contribution is -2.02. The summed E-state index contributed by atoms with van der Waals surface area (Å²) in [5.41, 5.74) is 2.37. The number of hydrogen-bond donors (Lipinski definition) is 1. The highest BCUT2D eigenvalue weighted by Crippen LogP contribution is 2.21. The first-order chi connectivity index (χ1) is 12.2. The highest BCUT2D eigenvalue weighted by Gasteiger charge is 2.02. The van der Waals surface area contributed by atoms with Crippen molar-refractivity contribution >= 4 is 28.4 Å². The number of benzene rings is 2. The van der Waals surface area contributed by atoms with Gasteiger partial charge < -0.3 is 5.32 Å². The summed E-state index contributed by atoms with van der Waals surface area (Å²) in [5.74, 6) is 1.62. The Kier molecular flexibility index (Phi) is 6.19. The van der Waals surface area contributed by atoms with E-state index in [0.29, 0.717) is 6.54 Å². The van der Waals surface area contributed by atoms with E-state index in [1.807, 2.05) is 42.5 Å². The van der Waals surface area contributed by atoms with E-state index in [1.165, 1.54) is 5.56 Å². The first-order valence-electron chi connectivity index (χ1n) is 7.86. The van der Waals surface area contributed by atoms with Crippen LogP contribution in [0.25, 0.3) is 0 Å². The first-order valence-corrected chi connectivity index (χ1v) is 10.4. The molecule has 25 heavy (non-hydrogen) atoms. The molecule has 1 heterocycles. The van der Waals surface area contributed by atoms with Gasteiger partial charge in [-0.25, -0.2) is 4.98 Å². The number of nitrogens with zero attached hydrogens (tertiary/aromatic N) is 2. The molecule has 0 saturated heterocycles. The largest absolute Gasteiger partial charge is 0.365 e. The normalized spacial score (nSPS) is 11.9. The van der Waals surface area contributed by atoms with Gasteiger partial charge in [-0.2, -0.15) is 0 Å². The van der Waals surface area contributed by atoms with E-state index in [2.05, 4.69) is 27.4 Å². The van der Waals surface area contributed by atoms with Crippen LogP contribution in [-0.4, -0.2) is 20.4 Å². The molecule has 2 aromatic carbocycles. The average Bonchev–Trinajstić information content (AvgIpc) is 2.66. The molecule has 0 bridgehead atoms. The molecule has 0 aliphatic rings. The van der Waals surface area contributed by atoms with Gasteiger partial charge in [0.15, 0.2) is 0 Å². The maximum absolute atomic E-state index is 11.4. The van der Waals surface area contributed by atoms with Crippen LogP contribution in [0.2, 0.25) is 0 Å². The zero-order valence-corrected chi connectivity index (χ0v) is 15.5. The summed E-state index contributed by atoms with van der Waals surface area (Å²) in [7, 11) is -0.944. The van der Waals surface area contributed by atoms with Crippen LogP contribution in [0.3, 0.4) is 0 Å². The van der Waals surface area contributed by atoms with Crippen molar-refractivity contribution in [3.8, 4) is 0 Å². The van der Waals surface area contributed by atoms with Crippen molar-refractivity contribution in [2.45, 2.75) is 22.2 Å². The molecule has 0 saturated carbocycles. The van der Waals surface area contributed by atoms with Crippen LogP contribution in [0.4, 0.5) is 5.82 Å². The fourth-order valence-electron chi connectivity index (χ4n) is 2.23. The minimum absolute atomic E-state index is 0.651. The van der Waals surface area contributed by atoms with Crippen molar-refractivity contribution in [3.63, 3.8) is 0 Å². The van der Waals surface area contributed by atoms with Crippen LogP contribution in [0.15, 0.2) is 76.9 Å². The van der Waals surface area contributed by atoms with Crippen LogP contribution in [-0.2, 0) is 23.1 Å². The molecular formula is C19H19N3OS2. The molecule has 128 valence electrons. The third-order valence-electron chi connectivity index (χ3n) is 3.57. The summed E-state index contributed by atoms with van der Waals surface area (Å²) in [6.45, 7) is 0.651. The van der Waals surface area contributed by atoms with E-state index in [4.69, 9.17) is 0 Å².